The van der Waals surface area contributed by atoms with E-state index in [0.717, 1.165) is 10.4 Å². The minimum absolute atomic E-state index is 0.0525. The second kappa shape index (κ2) is 17.5. The van der Waals surface area contributed by atoms with E-state index in [1.165, 1.54) is 54.3 Å². The standard InChI is InChI=1S/C38H36ClFN4O6S2/c1-4-31(36(48)43-37-33(38(49)50-5-2)26-17-18-44(22(3)45)21-32(26)52-37)51-25-14-9-13-24(19-25)41-35(47)30(20-27-28(39)15-10-16-29(27)40)42-34(46)23-11-7-6-8-12-23/h6-16,19-20,31H,4-5,17-18,21H2,1-3H3,(H,41,47)(H,42,46)(H,43,48)/b30-20+. The van der Waals surface area contributed by atoms with E-state index in [4.69, 9.17) is 16.3 Å². The number of benzene rings is 3. The number of ether oxygens (including phenoxy) is 1. The van der Waals surface area contributed by atoms with E-state index < -0.39 is 28.9 Å². The van der Waals surface area contributed by atoms with Crippen LogP contribution in [0.3, 0.4) is 0 Å². The molecule has 0 fully saturated rings. The summed E-state index contributed by atoms with van der Waals surface area (Å²) < 4.78 is 20.1. The number of anilines is 2. The van der Waals surface area contributed by atoms with Crippen molar-refractivity contribution in [2.24, 2.45) is 0 Å². The molecule has 1 atom stereocenters. The first-order chi connectivity index (χ1) is 25.0. The zero-order chi connectivity index (χ0) is 37.4. The third-order valence-electron chi connectivity index (χ3n) is 8.07. The number of hydrogen-bond acceptors (Lipinski definition) is 8. The van der Waals surface area contributed by atoms with E-state index >= 15 is 0 Å². The summed E-state index contributed by atoms with van der Waals surface area (Å²) in [5.74, 6) is -2.91. The Kier molecular flexibility index (Phi) is 12.9. The van der Waals surface area contributed by atoms with Crippen LogP contribution in [0.4, 0.5) is 15.1 Å². The van der Waals surface area contributed by atoms with Crippen molar-refractivity contribution in [2.45, 2.75) is 50.3 Å². The first kappa shape index (κ1) is 38.3. The molecule has 3 N–H and O–H groups in total. The van der Waals surface area contributed by atoms with Crippen LogP contribution in [-0.4, -0.2) is 52.9 Å². The molecule has 1 aliphatic heterocycles. The largest absolute Gasteiger partial charge is 0.462 e. The van der Waals surface area contributed by atoms with Gasteiger partial charge in [-0.2, -0.15) is 0 Å². The molecule has 52 heavy (non-hydrogen) atoms. The molecule has 4 aromatic rings. The van der Waals surface area contributed by atoms with Gasteiger partial charge in [-0.15, -0.1) is 23.1 Å². The number of amides is 4. The molecule has 0 aliphatic carbocycles. The maximum Gasteiger partial charge on any atom is 0.341 e. The lowest BCUT2D eigenvalue weighted by atomic mass is 10.0. The number of nitrogens with one attached hydrogen (secondary N) is 3. The zero-order valence-corrected chi connectivity index (χ0v) is 31.0. The van der Waals surface area contributed by atoms with Crippen molar-refractivity contribution in [3.05, 3.63) is 116 Å². The Hall–Kier alpha value is -4.98. The summed E-state index contributed by atoms with van der Waals surface area (Å²) in [6, 6.07) is 19.2. The maximum atomic E-state index is 14.7. The quantitative estimate of drug-likeness (QED) is 0.0772. The first-order valence-corrected chi connectivity index (χ1v) is 18.5. The van der Waals surface area contributed by atoms with Gasteiger partial charge in [-0.05, 0) is 73.9 Å². The van der Waals surface area contributed by atoms with Crippen LogP contribution in [0, 0.1) is 5.82 Å². The van der Waals surface area contributed by atoms with Gasteiger partial charge in [0.05, 0.1) is 29.0 Å². The van der Waals surface area contributed by atoms with Gasteiger partial charge < -0.3 is 25.6 Å². The number of carbonyl (C=O) groups is 5. The molecule has 14 heteroatoms. The zero-order valence-electron chi connectivity index (χ0n) is 28.6. The Bertz CT molecular complexity index is 2020. The maximum absolute atomic E-state index is 14.7. The molecule has 270 valence electrons. The molecule has 10 nitrogen and oxygen atoms in total. The second-order valence-corrected chi connectivity index (χ2v) is 14.4. The van der Waals surface area contributed by atoms with Crippen molar-refractivity contribution in [3.63, 3.8) is 0 Å². The number of rotatable bonds is 12. The third kappa shape index (κ3) is 9.27. The van der Waals surface area contributed by atoms with Crippen LogP contribution in [0.1, 0.15) is 63.9 Å². The van der Waals surface area contributed by atoms with Gasteiger partial charge in [-0.25, -0.2) is 9.18 Å². The number of hydrogen-bond donors (Lipinski definition) is 3. The first-order valence-electron chi connectivity index (χ1n) is 16.5. The summed E-state index contributed by atoms with van der Waals surface area (Å²) >= 11 is 8.76. The fraction of sp³-hybridized carbons (Fsp3) is 0.237. The molecular weight excluding hydrogens is 727 g/mol. The van der Waals surface area contributed by atoms with Crippen molar-refractivity contribution >= 4 is 81.1 Å². The molecule has 0 spiro atoms. The number of thioether (sulfide) groups is 1. The molecule has 1 unspecified atom stereocenters. The molecule has 4 amide bonds. The van der Waals surface area contributed by atoms with Crippen molar-refractivity contribution < 1.29 is 33.1 Å². The SMILES string of the molecule is CCOC(=O)c1c(NC(=O)C(CC)Sc2cccc(NC(=O)/C(=C\c3c(F)cccc3Cl)NC(=O)c3ccccc3)c2)sc2c1CCN(C(C)=O)C2. The predicted molar refractivity (Wildman–Crippen MR) is 202 cm³/mol. The average molecular weight is 763 g/mol. The third-order valence-corrected chi connectivity index (χ3v) is 10.9. The van der Waals surface area contributed by atoms with E-state index in [2.05, 4.69) is 16.0 Å². The van der Waals surface area contributed by atoms with Crippen LogP contribution in [0.5, 0.6) is 0 Å². The number of thiophene rings is 1. The van der Waals surface area contributed by atoms with Gasteiger partial charge in [-0.3, -0.25) is 19.2 Å². The molecule has 0 saturated heterocycles. The normalized spacial score (nSPS) is 13.1. The Morgan fingerprint density at radius 2 is 1.77 bits per heavy atom. The molecule has 0 bridgehead atoms. The fourth-order valence-corrected chi connectivity index (χ4v) is 7.92. The van der Waals surface area contributed by atoms with Gasteiger partial charge in [0.25, 0.3) is 11.8 Å². The highest BCUT2D eigenvalue weighted by Crippen LogP contribution is 2.39. The summed E-state index contributed by atoms with van der Waals surface area (Å²) in [6.07, 6.45) is 2.08. The van der Waals surface area contributed by atoms with Crippen LogP contribution in [0.15, 0.2) is 83.4 Å². The lowest BCUT2D eigenvalue weighted by Gasteiger charge is -2.25. The molecule has 1 aromatic heterocycles. The summed E-state index contributed by atoms with van der Waals surface area (Å²) in [6.45, 7) is 6.06. The van der Waals surface area contributed by atoms with E-state index in [0.29, 0.717) is 52.6 Å². The van der Waals surface area contributed by atoms with E-state index in [1.807, 2.05) is 6.92 Å². The lowest BCUT2D eigenvalue weighted by Crippen LogP contribution is -2.34. The van der Waals surface area contributed by atoms with Crippen molar-refractivity contribution in [3.8, 4) is 0 Å². The number of halogens is 2. The van der Waals surface area contributed by atoms with Gasteiger partial charge in [0.15, 0.2) is 0 Å². The van der Waals surface area contributed by atoms with Gasteiger partial charge in [0, 0.05) is 40.1 Å². The second-order valence-electron chi connectivity index (χ2n) is 11.6. The highest BCUT2D eigenvalue weighted by Gasteiger charge is 2.31. The fourth-order valence-electron chi connectivity index (χ4n) is 5.44. The van der Waals surface area contributed by atoms with Gasteiger partial charge >= 0.3 is 5.97 Å². The summed E-state index contributed by atoms with van der Waals surface area (Å²) in [4.78, 5) is 68.5. The molecule has 3 aromatic carbocycles. The summed E-state index contributed by atoms with van der Waals surface area (Å²) in [7, 11) is 0. The van der Waals surface area contributed by atoms with Crippen molar-refractivity contribution in [1.82, 2.24) is 10.2 Å². The molecule has 1 aliphatic rings. The summed E-state index contributed by atoms with van der Waals surface area (Å²) in [5, 5.41) is 8.11. The molecule has 5 rings (SSSR count). The molecule has 0 radical (unpaired) electrons. The van der Waals surface area contributed by atoms with Gasteiger partial charge in [0.1, 0.15) is 16.5 Å². The number of carbonyl (C=O) groups excluding carboxylic acids is 5. The smallest absolute Gasteiger partial charge is 0.341 e. The minimum atomic E-state index is -0.730. The van der Waals surface area contributed by atoms with E-state index in [-0.39, 0.29) is 34.7 Å². The lowest BCUT2D eigenvalue weighted by molar-refractivity contribution is -0.129. The average Bonchev–Trinajstić information content (AvgIpc) is 3.49. The van der Waals surface area contributed by atoms with Gasteiger partial charge in [-0.1, -0.05) is 48.9 Å². The number of esters is 1. The Morgan fingerprint density at radius 3 is 2.46 bits per heavy atom. The van der Waals surface area contributed by atoms with Crippen LogP contribution >= 0.6 is 34.7 Å². The van der Waals surface area contributed by atoms with Crippen molar-refractivity contribution in [2.75, 3.05) is 23.8 Å². The van der Waals surface area contributed by atoms with Crippen molar-refractivity contribution in [1.29, 1.82) is 0 Å². The Labute approximate surface area is 313 Å². The number of fused-ring (bicyclic) bond motifs is 1. The van der Waals surface area contributed by atoms with E-state index in [9.17, 15) is 28.4 Å². The van der Waals surface area contributed by atoms with Crippen LogP contribution in [0.25, 0.3) is 6.08 Å². The van der Waals surface area contributed by atoms with Gasteiger partial charge in [0.2, 0.25) is 11.8 Å². The Morgan fingerprint density at radius 1 is 1.02 bits per heavy atom. The highest BCUT2D eigenvalue weighted by atomic mass is 35.5. The van der Waals surface area contributed by atoms with Crippen LogP contribution in [0.2, 0.25) is 5.02 Å². The topological polar surface area (TPSA) is 134 Å². The molecule has 2 heterocycles. The molecular formula is C38H36ClFN4O6S2. The summed E-state index contributed by atoms with van der Waals surface area (Å²) in [5.41, 5.74) is 1.44. The number of nitrogens with zero attached hydrogens (tertiary/aromatic N) is 1. The highest BCUT2D eigenvalue weighted by molar-refractivity contribution is 8.00. The minimum Gasteiger partial charge on any atom is -0.462 e. The van der Waals surface area contributed by atoms with Crippen LogP contribution in [-0.2, 0) is 32.1 Å². The molecule has 0 saturated carbocycles. The monoisotopic (exact) mass is 762 g/mol. The predicted octanol–water partition coefficient (Wildman–Crippen LogP) is 7.54. The van der Waals surface area contributed by atoms with Crippen LogP contribution < -0.4 is 16.0 Å². The Balaban J connectivity index is 1.34. The van der Waals surface area contributed by atoms with E-state index in [1.54, 1.807) is 66.4 Å².